The minimum absolute atomic E-state index is 0.122. The summed E-state index contributed by atoms with van der Waals surface area (Å²) in [6.45, 7) is 0. The van der Waals surface area contributed by atoms with Gasteiger partial charge in [0.25, 0.3) is 0 Å². The highest BCUT2D eigenvalue weighted by molar-refractivity contribution is 7.89. The first-order chi connectivity index (χ1) is 7.77. The van der Waals surface area contributed by atoms with Crippen LogP contribution in [0.4, 0.5) is 0 Å². The second-order valence-electron chi connectivity index (χ2n) is 3.25. The fraction of sp³-hybridized carbons (Fsp3) is 0.222. The van der Waals surface area contributed by atoms with Crippen molar-refractivity contribution in [1.82, 2.24) is 0 Å². The predicted octanol–water partition coefficient (Wildman–Crippen LogP) is -0.0947. The molecule has 0 fully saturated rings. The van der Waals surface area contributed by atoms with Gasteiger partial charge in [-0.05, 0) is 17.7 Å². The highest BCUT2D eigenvalue weighted by Crippen LogP contribution is 2.25. The molecule has 0 heterocycles. The molecule has 0 aliphatic rings. The van der Waals surface area contributed by atoms with Crippen molar-refractivity contribution in [3.8, 4) is 6.07 Å². The molecule has 8 heteroatoms. The fourth-order valence-electron chi connectivity index (χ4n) is 1.18. The van der Waals surface area contributed by atoms with Gasteiger partial charge in [0.2, 0.25) is 10.0 Å². The predicted molar refractivity (Wildman–Crippen MR) is 59.4 cm³/mol. The van der Waals surface area contributed by atoms with Gasteiger partial charge in [-0.25, -0.2) is 13.6 Å². The molecule has 1 rings (SSSR count). The standard InChI is InChI=1S/C9H9ClN2O4S/c10-6-3-5(9(14)7(13)4-11)1-2-8(6)17(12,15)16/h1-3,7,9,13-14H,(H2,12,15,16). The molecule has 1 aromatic carbocycles. The van der Waals surface area contributed by atoms with E-state index < -0.39 is 22.2 Å². The summed E-state index contributed by atoms with van der Waals surface area (Å²) in [5, 5.41) is 31.7. The van der Waals surface area contributed by atoms with Crippen LogP contribution in [0.15, 0.2) is 23.1 Å². The average molecular weight is 277 g/mol. The molecule has 0 aromatic heterocycles. The molecule has 0 amide bonds. The lowest BCUT2D eigenvalue weighted by molar-refractivity contribution is 0.0528. The number of halogens is 1. The number of sulfonamides is 1. The molecule has 0 bridgehead atoms. The number of hydrogen-bond acceptors (Lipinski definition) is 5. The van der Waals surface area contributed by atoms with Gasteiger partial charge in [0.15, 0.2) is 6.10 Å². The Morgan fingerprint density at radius 3 is 2.41 bits per heavy atom. The van der Waals surface area contributed by atoms with Gasteiger partial charge in [0.05, 0.1) is 11.1 Å². The van der Waals surface area contributed by atoms with Crippen molar-refractivity contribution in [2.75, 3.05) is 0 Å². The van der Waals surface area contributed by atoms with Crippen LogP contribution in [0.25, 0.3) is 0 Å². The Kier molecular flexibility index (Phi) is 4.08. The maximum absolute atomic E-state index is 11.1. The van der Waals surface area contributed by atoms with E-state index in [1.165, 1.54) is 12.1 Å². The lowest BCUT2D eigenvalue weighted by Gasteiger charge is -2.13. The second-order valence-corrected chi connectivity index (χ2v) is 5.19. The number of aliphatic hydroxyl groups is 2. The molecule has 6 nitrogen and oxygen atoms in total. The number of hydrogen-bond donors (Lipinski definition) is 3. The summed E-state index contributed by atoms with van der Waals surface area (Å²) in [5.41, 5.74) is 0.122. The summed E-state index contributed by atoms with van der Waals surface area (Å²) in [6, 6.07) is 4.90. The number of primary sulfonamides is 1. The van der Waals surface area contributed by atoms with Crippen LogP contribution >= 0.6 is 11.6 Å². The molecule has 0 radical (unpaired) electrons. The molecule has 92 valence electrons. The minimum Gasteiger partial charge on any atom is -0.385 e. The average Bonchev–Trinajstić information content (AvgIpc) is 2.25. The van der Waals surface area contributed by atoms with Crippen molar-refractivity contribution in [2.24, 2.45) is 5.14 Å². The van der Waals surface area contributed by atoms with Gasteiger partial charge in [-0.2, -0.15) is 5.26 Å². The van der Waals surface area contributed by atoms with Gasteiger partial charge in [-0.3, -0.25) is 0 Å². The van der Waals surface area contributed by atoms with Crippen LogP contribution in [0.3, 0.4) is 0 Å². The van der Waals surface area contributed by atoms with Gasteiger partial charge in [0, 0.05) is 0 Å². The molecular formula is C9H9ClN2O4S. The largest absolute Gasteiger partial charge is 0.385 e. The zero-order chi connectivity index (χ0) is 13.2. The molecule has 0 aliphatic heterocycles. The van der Waals surface area contributed by atoms with Crippen LogP contribution in [0.2, 0.25) is 5.02 Å². The van der Waals surface area contributed by atoms with Gasteiger partial charge in [-0.1, -0.05) is 17.7 Å². The molecular weight excluding hydrogens is 268 g/mol. The van der Waals surface area contributed by atoms with Crippen LogP contribution in [0, 0.1) is 11.3 Å². The maximum atomic E-state index is 11.1. The van der Waals surface area contributed by atoms with E-state index in [4.69, 9.17) is 27.1 Å². The maximum Gasteiger partial charge on any atom is 0.239 e. The number of benzene rings is 1. The number of nitrogens with zero attached hydrogens (tertiary/aromatic N) is 1. The second kappa shape index (κ2) is 5.00. The van der Waals surface area contributed by atoms with E-state index in [2.05, 4.69) is 0 Å². The van der Waals surface area contributed by atoms with E-state index in [0.717, 1.165) is 12.1 Å². The van der Waals surface area contributed by atoms with Gasteiger partial charge in [-0.15, -0.1) is 0 Å². The Morgan fingerprint density at radius 2 is 2.00 bits per heavy atom. The van der Waals surface area contributed by atoms with Crippen LogP contribution in [0.1, 0.15) is 11.7 Å². The topological polar surface area (TPSA) is 124 Å². The van der Waals surface area contributed by atoms with Crippen molar-refractivity contribution >= 4 is 21.6 Å². The van der Waals surface area contributed by atoms with Crippen molar-refractivity contribution in [1.29, 1.82) is 5.26 Å². The van der Waals surface area contributed by atoms with E-state index in [0.29, 0.717) is 0 Å². The number of nitrogens with two attached hydrogens (primary N) is 1. The zero-order valence-electron chi connectivity index (χ0n) is 8.41. The van der Waals surface area contributed by atoms with Crippen LogP contribution in [-0.2, 0) is 10.0 Å². The van der Waals surface area contributed by atoms with Crippen LogP contribution in [0.5, 0.6) is 0 Å². The Balaban J connectivity index is 3.19. The van der Waals surface area contributed by atoms with Crippen molar-refractivity contribution in [3.05, 3.63) is 28.8 Å². The zero-order valence-corrected chi connectivity index (χ0v) is 9.98. The fourth-order valence-corrected chi connectivity index (χ4v) is 2.28. The van der Waals surface area contributed by atoms with E-state index >= 15 is 0 Å². The summed E-state index contributed by atoms with van der Waals surface area (Å²) in [6.07, 6.45) is -3.08. The van der Waals surface area contributed by atoms with Gasteiger partial charge < -0.3 is 10.2 Å². The third-order valence-electron chi connectivity index (χ3n) is 2.04. The lowest BCUT2D eigenvalue weighted by atomic mass is 10.1. The molecule has 0 spiro atoms. The highest BCUT2D eigenvalue weighted by atomic mass is 35.5. The first kappa shape index (κ1) is 13.9. The number of rotatable bonds is 3. The van der Waals surface area contributed by atoms with Crippen LogP contribution < -0.4 is 5.14 Å². The minimum atomic E-state index is -3.94. The van der Waals surface area contributed by atoms with E-state index in [9.17, 15) is 13.5 Å². The van der Waals surface area contributed by atoms with Gasteiger partial charge >= 0.3 is 0 Å². The Bertz CT molecular complexity index is 567. The Hall–Kier alpha value is -1.17. The molecule has 4 N–H and O–H groups in total. The first-order valence-electron chi connectivity index (χ1n) is 4.35. The molecule has 2 atom stereocenters. The van der Waals surface area contributed by atoms with E-state index in [-0.39, 0.29) is 15.5 Å². The Morgan fingerprint density at radius 1 is 1.41 bits per heavy atom. The number of nitriles is 1. The third-order valence-corrected chi connectivity index (χ3v) is 3.43. The highest BCUT2D eigenvalue weighted by Gasteiger charge is 2.20. The summed E-state index contributed by atoms with van der Waals surface area (Å²) in [4.78, 5) is -0.290. The van der Waals surface area contributed by atoms with Crippen molar-refractivity contribution < 1.29 is 18.6 Å². The quantitative estimate of drug-likeness (QED) is 0.665. The number of aliphatic hydroxyl groups excluding tert-OH is 2. The third kappa shape index (κ3) is 3.15. The molecule has 2 unspecified atom stereocenters. The lowest BCUT2D eigenvalue weighted by Crippen LogP contribution is -2.17. The summed E-state index contributed by atoms with van der Waals surface area (Å²) >= 11 is 5.67. The van der Waals surface area contributed by atoms with Gasteiger partial charge in [0.1, 0.15) is 11.0 Å². The molecule has 17 heavy (non-hydrogen) atoms. The van der Waals surface area contributed by atoms with Crippen LogP contribution in [-0.4, -0.2) is 24.7 Å². The smallest absolute Gasteiger partial charge is 0.239 e. The van der Waals surface area contributed by atoms with Crippen molar-refractivity contribution in [2.45, 2.75) is 17.1 Å². The van der Waals surface area contributed by atoms with E-state index in [1.54, 1.807) is 0 Å². The first-order valence-corrected chi connectivity index (χ1v) is 6.28. The molecule has 0 saturated heterocycles. The molecule has 1 aromatic rings. The normalized spacial score (nSPS) is 15.0. The summed E-state index contributed by atoms with van der Waals surface area (Å²) in [7, 11) is -3.94. The molecule has 0 saturated carbocycles. The van der Waals surface area contributed by atoms with Crippen molar-refractivity contribution in [3.63, 3.8) is 0 Å². The molecule has 0 aliphatic carbocycles. The summed E-state index contributed by atoms with van der Waals surface area (Å²) in [5.74, 6) is 0. The summed E-state index contributed by atoms with van der Waals surface area (Å²) < 4.78 is 22.1. The SMILES string of the molecule is N#CC(O)C(O)c1ccc(S(N)(=O)=O)c(Cl)c1. The Labute approximate surface area is 103 Å². The van der Waals surface area contributed by atoms with E-state index in [1.807, 2.05) is 0 Å². The monoisotopic (exact) mass is 276 g/mol.